The van der Waals surface area contributed by atoms with Crippen LogP contribution < -0.4 is 0 Å². The third kappa shape index (κ3) is 3.75. The summed E-state index contributed by atoms with van der Waals surface area (Å²) in [5.41, 5.74) is 0. The molecule has 0 radical (unpaired) electrons. The van der Waals surface area contributed by atoms with Crippen LogP contribution in [0, 0.1) is 12.3 Å². The highest BCUT2D eigenvalue weighted by atomic mass is 15.2. The molecule has 2 aliphatic carbocycles. The SMILES string of the molecule is C#CCCN(C1CCCCC1)C1CCCCC1. The zero-order valence-electron chi connectivity index (χ0n) is 11.2. The van der Waals surface area contributed by atoms with E-state index in [1.807, 2.05) is 0 Å². The quantitative estimate of drug-likeness (QED) is 0.664. The van der Waals surface area contributed by atoms with Crippen LogP contribution in [0.15, 0.2) is 0 Å². The predicted molar refractivity (Wildman–Crippen MR) is 73.9 cm³/mol. The molecule has 1 nitrogen and oxygen atoms in total. The fraction of sp³-hybridized carbons (Fsp3) is 0.875. The third-order valence-corrected chi connectivity index (χ3v) is 4.60. The Bertz CT molecular complexity index is 223. The second-order valence-corrected chi connectivity index (χ2v) is 5.78. The molecule has 2 aliphatic rings. The van der Waals surface area contributed by atoms with E-state index in [9.17, 15) is 0 Å². The number of hydrogen-bond acceptors (Lipinski definition) is 1. The van der Waals surface area contributed by atoms with Crippen LogP contribution in [-0.2, 0) is 0 Å². The molecule has 17 heavy (non-hydrogen) atoms. The second kappa shape index (κ2) is 7.07. The summed E-state index contributed by atoms with van der Waals surface area (Å²) in [6, 6.07) is 1.69. The van der Waals surface area contributed by atoms with E-state index in [1.165, 1.54) is 64.2 Å². The van der Waals surface area contributed by atoms with Gasteiger partial charge in [0.2, 0.25) is 0 Å². The molecule has 2 saturated carbocycles. The maximum absolute atomic E-state index is 5.46. The van der Waals surface area contributed by atoms with E-state index < -0.39 is 0 Å². The van der Waals surface area contributed by atoms with Crippen molar-refractivity contribution in [3.8, 4) is 12.3 Å². The highest BCUT2D eigenvalue weighted by Gasteiger charge is 2.27. The minimum atomic E-state index is 0.847. The lowest BCUT2D eigenvalue weighted by Crippen LogP contribution is -2.45. The Hall–Kier alpha value is -0.480. The Labute approximate surface area is 107 Å². The number of hydrogen-bond donors (Lipinski definition) is 0. The molecule has 0 heterocycles. The topological polar surface area (TPSA) is 3.24 Å². The first kappa shape index (κ1) is 13.0. The minimum Gasteiger partial charge on any atom is -0.296 e. The molecule has 0 atom stereocenters. The average Bonchev–Trinajstić information content (AvgIpc) is 2.42. The van der Waals surface area contributed by atoms with Gasteiger partial charge in [0, 0.05) is 25.0 Å². The van der Waals surface area contributed by atoms with Gasteiger partial charge in [0.1, 0.15) is 0 Å². The average molecular weight is 233 g/mol. The zero-order valence-corrected chi connectivity index (χ0v) is 11.2. The lowest BCUT2D eigenvalue weighted by Gasteiger charge is -2.41. The van der Waals surface area contributed by atoms with E-state index in [0.717, 1.165) is 25.0 Å². The van der Waals surface area contributed by atoms with Gasteiger partial charge in [-0.3, -0.25) is 4.90 Å². The number of terminal acetylenes is 1. The van der Waals surface area contributed by atoms with Crippen molar-refractivity contribution in [3.63, 3.8) is 0 Å². The molecular weight excluding hydrogens is 206 g/mol. The van der Waals surface area contributed by atoms with Gasteiger partial charge in [0.25, 0.3) is 0 Å². The highest BCUT2D eigenvalue weighted by Crippen LogP contribution is 2.30. The molecule has 0 aromatic heterocycles. The van der Waals surface area contributed by atoms with E-state index in [2.05, 4.69) is 10.8 Å². The molecule has 2 fully saturated rings. The van der Waals surface area contributed by atoms with Gasteiger partial charge in [0.15, 0.2) is 0 Å². The van der Waals surface area contributed by atoms with Crippen LogP contribution in [0.2, 0.25) is 0 Å². The first-order valence-corrected chi connectivity index (χ1v) is 7.61. The van der Waals surface area contributed by atoms with Crippen molar-refractivity contribution >= 4 is 0 Å². The summed E-state index contributed by atoms with van der Waals surface area (Å²) in [7, 11) is 0. The summed E-state index contributed by atoms with van der Waals surface area (Å²) in [6.45, 7) is 1.14. The van der Waals surface area contributed by atoms with E-state index in [-0.39, 0.29) is 0 Å². The molecule has 0 aromatic carbocycles. The van der Waals surface area contributed by atoms with E-state index in [4.69, 9.17) is 6.42 Å². The van der Waals surface area contributed by atoms with E-state index in [0.29, 0.717) is 0 Å². The van der Waals surface area contributed by atoms with Gasteiger partial charge in [0.05, 0.1) is 0 Å². The fourth-order valence-corrected chi connectivity index (χ4v) is 3.68. The zero-order chi connectivity index (χ0) is 11.9. The van der Waals surface area contributed by atoms with Crippen molar-refractivity contribution < 1.29 is 0 Å². The van der Waals surface area contributed by atoms with Gasteiger partial charge in [-0.25, -0.2) is 0 Å². The monoisotopic (exact) mass is 233 g/mol. The van der Waals surface area contributed by atoms with E-state index in [1.54, 1.807) is 0 Å². The van der Waals surface area contributed by atoms with Crippen molar-refractivity contribution in [1.82, 2.24) is 4.90 Å². The largest absolute Gasteiger partial charge is 0.296 e. The van der Waals surface area contributed by atoms with Crippen molar-refractivity contribution in [2.45, 2.75) is 82.7 Å². The van der Waals surface area contributed by atoms with Gasteiger partial charge in [-0.15, -0.1) is 12.3 Å². The molecule has 0 spiro atoms. The van der Waals surface area contributed by atoms with Crippen LogP contribution in [0.3, 0.4) is 0 Å². The second-order valence-electron chi connectivity index (χ2n) is 5.78. The standard InChI is InChI=1S/C16H27N/c1-2-3-14-17(15-10-6-4-7-11-15)16-12-8-5-9-13-16/h1,15-16H,3-14H2. The summed E-state index contributed by atoms with van der Waals surface area (Å²) >= 11 is 0. The molecule has 0 aromatic rings. The Morgan fingerprint density at radius 2 is 1.29 bits per heavy atom. The van der Waals surface area contributed by atoms with Crippen LogP contribution in [0.5, 0.6) is 0 Å². The predicted octanol–water partition coefficient (Wildman–Crippen LogP) is 3.98. The maximum atomic E-state index is 5.46. The number of nitrogens with zero attached hydrogens (tertiary/aromatic N) is 1. The van der Waals surface area contributed by atoms with Gasteiger partial charge >= 0.3 is 0 Å². The summed E-state index contributed by atoms with van der Waals surface area (Å²) in [4.78, 5) is 2.79. The Kier molecular flexibility index (Phi) is 5.39. The fourth-order valence-electron chi connectivity index (χ4n) is 3.68. The van der Waals surface area contributed by atoms with Crippen LogP contribution in [0.1, 0.15) is 70.6 Å². The molecule has 96 valence electrons. The smallest absolute Gasteiger partial charge is 0.0214 e. The van der Waals surface area contributed by atoms with Crippen LogP contribution in [-0.4, -0.2) is 23.5 Å². The van der Waals surface area contributed by atoms with Gasteiger partial charge in [-0.2, -0.15) is 0 Å². The first-order chi connectivity index (χ1) is 8.42. The normalized spacial score (nSPS) is 23.8. The minimum absolute atomic E-state index is 0.847. The van der Waals surface area contributed by atoms with Crippen LogP contribution in [0.25, 0.3) is 0 Å². The lowest BCUT2D eigenvalue weighted by molar-refractivity contribution is 0.0834. The Morgan fingerprint density at radius 3 is 1.71 bits per heavy atom. The summed E-state index contributed by atoms with van der Waals surface area (Å²) in [6.07, 6.45) is 20.7. The molecular formula is C16H27N. The van der Waals surface area contributed by atoms with Crippen LogP contribution >= 0.6 is 0 Å². The first-order valence-electron chi connectivity index (χ1n) is 7.61. The van der Waals surface area contributed by atoms with Crippen molar-refractivity contribution in [2.75, 3.05) is 6.54 Å². The number of rotatable bonds is 4. The molecule has 0 N–H and O–H groups in total. The third-order valence-electron chi connectivity index (χ3n) is 4.60. The summed E-state index contributed by atoms with van der Waals surface area (Å²) in [5.74, 6) is 2.83. The van der Waals surface area contributed by atoms with E-state index >= 15 is 0 Å². The van der Waals surface area contributed by atoms with Crippen LogP contribution in [0.4, 0.5) is 0 Å². The molecule has 0 unspecified atom stereocenters. The molecule has 0 bridgehead atoms. The van der Waals surface area contributed by atoms with Crippen molar-refractivity contribution in [3.05, 3.63) is 0 Å². The van der Waals surface area contributed by atoms with Crippen molar-refractivity contribution in [2.24, 2.45) is 0 Å². The molecule has 2 rings (SSSR count). The maximum Gasteiger partial charge on any atom is 0.0214 e. The van der Waals surface area contributed by atoms with Gasteiger partial charge in [-0.05, 0) is 25.7 Å². The highest BCUT2D eigenvalue weighted by molar-refractivity contribution is 4.89. The molecule has 0 saturated heterocycles. The van der Waals surface area contributed by atoms with Crippen molar-refractivity contribution in [1.29, 1.82) is 0 Å². The molecule has 1 heteroatoms. The summed E-state index contributed by atoms with van der Waals surface area (Å²) < 4.78 is 0. The van der Waals surface area contributed by atoms with Gasteiger partial charge < -0.3 is 0 Å². The lowest BCUT2D eigenvalue weighted by atomic mass is 9.88. The Morgan fingerprint density at radius 1 is 0.824 bits per heavy atom. The Balaban J connectivity index is 1.92. The molecule has 0 aliphatic heterocycles. The molecule has 0 amide bonds. The summed E-state index contributed by atoms with van der Waals surface area (Å²) in [5, 5.41) is 0. The van der Waals surface area contributed by atoms with Gasteiger partial charge in [-0.1, -0.05) is 38.5 Å².